The maximum Gasteiger partial charge on any atom is 0.126 e. The Morgan fingerprint density at radius 3 is 2.88 bits per heavy atom. The molecule has 0 spiro atoms. The van der Waals surface area contributed by atoms with Gasteiger partial charge in [-0.05, 0) is 18.5 Å². The first kappa shape index (κ1) is 13.9. The van der Waals surface area contributed by atoms with Crippen LogP contribution in [0.2, 0.25) is 0 Å². The molecule has 0 bridgehead atoms. The first-order valence-electron chi connectivity index (χ1n) is 5.99. The summed E-state index contributed by atoms with van der Waals surface area (Å²) in [4.78, 5) is 4.12. The molecule has 0 aromatic carbocycles. The van der Waals surface area contributed by atoms with Crippen LogP contribution in [0.4, 0.5) is 0 Å². The summed E-state index contributed by atoms with van der Waals surface area (Å²) >= 11 is 0. The molecule has 1 rings (SSSR count). The molecule has 0 amide bonds. The highest BCUT2D eigenvalue weighted by Gasteiger charge is 2.03. The van der Waals surface area contributed by atoms with Gasteiger partial charge in [0, 0.05) is 31.6 Å². The molecule has 0 aliphatic heterocycles. The van der Waals surface area contributed by atoms with E-state index in [4.69, 9.17) is 9.47 Å². The van der Waals surface area contributed by atoms with Gasteiger partial charge < -0.3 is 14.8 Å². The Labute approximate surface area is 103 Å². The van der Waals surface area contributed by atoms with E-state index in [9.17, 15) is 0 Å². The molecule has 0 saturated carbocycles. The maximum atomic E-state index is 5.63. The maximum absolute atomic E-state index is 5.63. The third-order valence-electron chi connectivity index (χ3n) is 2.27. The highest BCUT2D eigenvalue weighted by atomic mass is 16.5. The molecule has 0 atom stereocenters. The first-order valence-corrected chi connectivity index (χ1v) is 5.99. The molecule has 0 saturated heterocycles. The van der Waals surface area contributed by atoms with E-state index in [-0.39, 0.29) is 0 Å². The van der Waals surface area contributed by atoms with E-state index in [2.05, 4.69) is 24.1 Å². The largest absolute Gasteiger partial charge is 0.491 e. The average Bonchev–Trinajstić information content (AvgIpc) is 2.31. The van der Waals surface area contributed by atoms with Crippen LogP contribution in [-0.4, -0.2) is 31.9 Å². The minimum absolute atomic E-state index is 0.567. The van der Waals surface area contributed by atoms with Crippen LogP contribution < -0.4 is 10.1 Å². The molecule has 17 heavy (non-hydrogen) atoms. The second-order valence-electron chi connectivity index (χ2n) is 4.35. The van der Waals surface area contributed by atoms with Gasteiger partial charge in [-0.1, -0.05) is 13.8 Å². The average molecular weight is 238 g/mol. The number of nitrogens with zero attached hydrogens (tertiary/aromatic N) is 1. The van der Waals surface area contributed by atoms with Crippen molar-refractivity contribution in [2.24, 2.45) is 5.92 Å². The quantitative estimate of drug-likeness (QED) is 0.702. The van der Waals surface area contributed by atoms with Gasteiger partial charge in [-0.15, -0.1) is 0 Å². The monoisotopic (exact) mass is 238 g/mol. The van der Waals surface area contributed by atoms with Gasteiger partial charge in [-0.2, -0.15) is 0 Å². The van der Waals surface area contributed by atoms with E-state index in [1.54, 1.807) is 13.3 Å². The van der Waals surface area contributed by atoms with Gasteiger partial charge in [0.05, 0.1) is 6.61 Å². The SMILES string of the molecule is COCCOc1ccncc1CNCC(C)C. The van der Waals surface area contributed by atoms with E-state index >= 15 is 0 Å². The Balaban J connectivity index is 2.46. The predicted octanol–water partition coefficient (Wildman–Crippen LogP) is 1.85. The number of aromatic nitrogens is 1. The summed E-state index contributed by atoms with van der Waals surface area (Å²) in [6.07, 6.45) is 3.59. The topological polar surface area (TPSA) is 43.4 Å². The van der Waals surface area contributed by atoms with Crippen LogP contribution >= 0.6 is 0 Å². The van der Waals surface area contributed by atoms with E-state index in [0.717, 1.165) is 24.4 Å². The Morgan fingerprint density at radius 1 is 1.35 bits per heavy atom. The van der Waals surface area contributed by atoms with Crippen LogP contribution in [0.25, 0.3) is 0 Å². The van der Waals surface area contributed by atoms with Crippen LogP contribution in [0.1, 0.15) is 19.4 Å². The molecular weight excluding hydrogens is 216 g/mol. The second kappa shape index (κ2) is 8.03. The van der Waals surface area contributed by atoms with Gasteiger partial charge in [-0.3, -0.25) is 4.98 Å². The van der Waals surface area contributed by atoms with Crippen molar-refractivity contribution < 1.29 is 9.47 Å². The molecule has 96 valence electrons. The lowest BCUT2D eigenvalue weighted by atomic mass is 10.2. The third-order valence-corrected chi connectivity index (χ3v) is 2.27. The summed E-state index contributed by atoms with van der Waals surface area (Å²) in [5, 5.41) is 3.38. The molecule has 0 aliphatic rings. The molecule has 0 fully saturated rings. The fourth-order valence-corrected chi connectivity index (χ4v) is 1.42. The minimum Gasteiger partial charge on any atom is -0.491 e. The molecule has 4 heteroatoms. The van der Waals surface area contributed by atoms with Crippen LogP contribution in [0.15, 0.2) is 18.5 Å². The molecule has 4 nitrogen and oxygen atoms in total. The lowest BCUT2D eigenvalue weighted by molar-refractivity contribution is 0.145. The smallest absolute Gasteiger partial charge is 0.126 e. The Bertz CT molecular complexity index is 316. The molecular formula is C13H22N2O2. The van der Waals surface area contributed by atoms with Crippen molar-refractivity contribution in [2.75, 3.05) is 26.9 Å². The molecule has 0 radical (unpaired) electrons. The molecule has 1 N–H and O–H groups in total. The summed E-state index contributed by atoms with van der Waals surface area (Å²) in [5.74, 6) is 1.53. The zero-order valence-electron chi connectivity index (χ0n) is 10.9. The van der Waals surface area contributed by atoms with Gasteiger partial charge in [0.1, 0.15) is 12.4 Å². The number of hydrogen-bond acceptors (Lipinski definition) is 4. The predicted molar refractivity (Wildman–Crippen MR) is 68.2 cm³/mol. The van der Waals surface area contributed by atoms with Gasteiger partial charge in [0.25, 0.3) is 0 Å². The number of pyridine rings is 1. The molecule has 1 heterocycles. The summed E-state index contributed by atoms with van der Waals surface area (Å²) < 4.78 is 10.6. The van der Waals surface area contributed by atoms with Crippen LogP contribution in [0.3, 0.4) is 0 Å². The van der Waals surface area contributed by atoms with Crippen molar-refractivity contribution in [3.63, 3.8) is 0 Å². The minimum atomic E-state index is 0.567. The van der Waals surface area contributed by atoms with E-state index in [0.29, 0.717) is 19.1 Å². The Morgan fingerprint density at radius 2 is 2.18 bits per heavy atom. The van der Waals surface area contributed by atoms with E-state index in [1.165, 1.54) is 0 Å². The van der Waals surface area contributed by atoms with Gasteiger partial charge >= 0.3 is 0 Å². The molecule has 1 aromatic heterocycles. The van der Waals surface area contributed by atoms with Crippen molar-refractivity contribution >= 4 is 0 Å². The highest BCUT2D eigenvalue weighted by molar-refractivity contribution is 5.29. The molecule has 1 aromatic rings. The number of rotatable bonds is 8. The van der Waals surface area contributed by atoms with Gasteiger partial charge in [0.15, 0.2) is 0 Å². The zero-order valence-corrected chi connectivity index (χ0v) is 10.9. The standard InChI is InChI=1S/C13H22N2O2/c1-11(2)8-15-10-12-9-14-5-4-13(12)17-7-6-16-3/h4-5,9,11,15H,6-8,10H2,1-3H3. The summed E-state index contributed by atoms with van der Waals surface area (Å²) in [7, 11) is 1.67. The van der Waals surface area contributed by atoms with Crippen LogP contribution in [0.5, 0.6) is 5.75 Å². The summed E-state index contributed by atoms with van der Waals surface area (Å²) in [6.45, 7) is 7.32. The summed E-state index contributed by atoms with van der Waals surface area (Å²) in [6, 6.07) is 1.89. The summed E-state index contributed by atoms with van der Waals surface area (Å²) in [5.41, 5.74) is 1.09. The normalized spacial score (nSPS) is 10.8. The van der Waals surface area contributed by atoms with Crippen molar-refractivity contribution in [2.45, 2.75) is 20.4 Å². The van der Waals surface area contributed by atoms with Crippen molar-refractivity contribution in [3.8, 4) is 5.75 Å². The number of hydrogen-bond donors (Lipinski definition) is 1. The first-order chi connectivity index (χ1) is 8.24. The number of ether oxygens (including phenoxy) is 2. The van der Waals surface area contributed by atoms with Crippen molar-refractivity contribution in [1.29, 1.82) is 0 Å². The van der Waals surface area contributed by atoms with Crippen molar-refractivity contribution in [3.05, 3.63) is 24.0 Å². The number of methoxy groups -OCH3 is 1. The lowest BCUT2D eigenvalue weighted by Crippen LogP contribution is -2.19. The Kier molecular flexibility index (Phi) is 6.58. The second-order valence-corrected chi connectivity index (χ2v) is 4.35. The van der Waals surface area contributed by atoms with Gasteiger partial charge in [-0.25, -0.2) is 0 Å². The van der Waals surface area contributed by atoms with Crippen LogP contribution in [0, 0.1) is 5.92 Å². The van der Waals surface area contributed by atoms with Crippen molar-refractivity contribution in [1.82, 2.24) is 10.3 Å². The van der Waals surface area contributed by atoms with Gasteiger partial charge in [0.2, 0.25) is 0 Å². The fraction of sp³-hybridized carbons (Fsp3) is 0.615. The number of nitrogens with one attached hydrogen (secondary N) is 1. The van der Waals surface area contributed by atoms with E-state index < -0.39 is 0 Å². The fourth-order valence-electron chi connectivity index (χ4n) is 1.42. The molecule has 0 unspecified atom stereocenters. The lowest BCUT2D eigenvalue weighted by Gasteiger charge is -2.12. The van der Waals surface area contributed by atoms with E-state index in [1.807, 2.05) is 12.3 Å². The Hall–Kier alpha value is -1.13. The van der Waals surface area contributed by atoms with Crippen LogP contribution in [-0.2, 0) is 11.3 Å². The third kappa shape index (κ3) is 5.65. The zero-order chi connectivity index (χ0) is 12.5. The highest BCUT2D eigenvalue weighted by Crippen LogP contribution is 2.16. The molecule has 0 aliphatic carbocycles.